The summed E-state index contributed by atoms with van der Waals surface area (Å²) in [4.78, 5) is 0. The van der Waals surface area contributed by atoms with Crippen LogP contribution in [-0.4, -0.2) is 31.8 Å². The van der Waals surface area contributed by atoms with Crippen LogP contribution >= 0.6 is 23.8 Å². The molecule has 0 heterocycles. The fourth-order valence-corrected chi connectivity index (χ4v) is 13.3. The summed E-state index contributed by atoms with van der Waals surface area (Å²) in [5.41, 5.74) is 0. The average Bonchev–Trinajstić information content (AvgIpc) is 2.45. The third-order valence-electron chi connectivity index (χ3n) is 3.22. The van der Waals surface area contributed by atoms with Crippen molar-refractivity contribution in [1.82, 2.24) is 0 Å². The van der Waals surface area contributed by atoms with E-state index in [0.29, 0.717) is 0 Å². The Morgan fingerprint density at radius 1 is 0.600 bits per heavy atom. The molecule has 0 saturated carbocycles. The SMILES string of the molecule is CP(C)C(P(C)C)P(c1ccccc1)c1ccccc1. The number of rotatable bonds is 5. The molecule has 0 aliphatic carbocycles. The molecule has 0 atom stereocenters. The second kappa shape index (κ2) is 7.66. The van der Waals surface area contributed by atoms with E-state index >= 15 is 0 Å². The fraction of sp³-hybridized carbons (Fsp3) is 0.294. The van der Waals surface area contributed by atoms with Crippen molar-refractivity contribution in [2.75, 3.05) is 26.7 Å². The molecule has 0 aromatic heterocycles. The Morgan fingerprint density at radius 2 is 0.950 bits per heavy atom. The van der Waals surface area contributed by atoms with E-state index in [1.165, 1.54) is 10.6 Å². The first-order valence-electron chi connectivity index (χ1n) is 6.83. The molecule has 0 radical (unpaired) electrons. The van der Waals surface area contributed by atoms with Crippen LogP contribution in [0.5, 0.6) is 0 Å². The number of hydrogen-bond acceptors (Lipinski definition) is 0. The molecule has 0 bridgehead atoms. The zero-order valence-electron chi connectivity index (χ0n) is 12.7. The van der Waals surface area contributed by atoms with Crippen molar-refractivity contribution in [1.29, 1.82) is 0 Å². The molecule has 0 aliphatic heterocycles. The molecular formula is C17H23P3. The van der Waals surface area contributed by atoms with E-state index in [1.807, 2.05) is 0 Å². The second-order valence-corrected chi connectivity index (χ2v) is 13.7. The second-order valence-electron chi connectivity index (χ2n) is 5.31. The highest BCUT2D eigenvalue weighted by atomic mass is 31.2. The van der Waals surface area contributed by atoms with Gasteiger partial charge in [-0.2, -0.15) is 0 Å². The predicted molar refractivity (Wildman–Crippen MR) is 100 cm³/mol. The van der Waals surface area contributed by atoms with Crippen LogP contribution in [-0.2, 0) is 0 Å². The highest BCUT2D eigenvalue weighted by molar-refractivity contribution is 7.95. The highest BCUT2D eigenvalue weighted by Crippen LogP contribution is 2.65. The Bertz CT molecular complexity index is 461. The normalized spacial score (nSPS) is 11.8. The zero-order valence-corrected chi connectivity index (χ0v) is 15.4. The van der Waals surface area contributed by atoms with E-state index in [1.54, 1.807) is 0 Å². The molecule has 0 aliphatic rings. The van der Waals surface area contributed by atoms with Gasteiger partial charge in [0, 0.05) is 5.14 Å². The van der Waals surface area contributed by atoms with Gasteiger partial charge in [0.15, 0.2) is 0 Å². The molecule has 0 nitrogen and oxygen atoms in total. The third-order valence-corrected chi connectivity index (χ3v) is 14.2. The Labute approximate surface area is 127 Å². The summed E-state index contributed by atoms with van der Waals surface area (Å²) in [6.07, 6.45) is 0. The molecule has 3 heteroatoms. The lowest BCUT2D eigenvalue weighted by Gasteiger charge is -2.35. The molecule has 0 amide bonds. The van der Waals surface area contributed by atoms with Gasteiger partial charge < -0.3 is 0 Å². The Balaban J connectivity index is 2.49. The molecule has 2 rings (SSSR count). The van der Waals surface area contributed by atoms with Crippen molar-refractivity contribution in [2.24, 2.45) is 0 Å². The van der Waals surface area contributed by atoms with E-state index < -0.39 is 0 Å². The van der Waals surface area contributed by atoms with E-state index in [4.69, 9.17) is 0 Å². The maximum absolute atomic E-state index is 2.45. The summed E-state index contributed by atoms with van der Waals surface area (Å²) in [5.74, 6) is 0. The Morgan fingerprint density at radius 3 is 1.25 bits per heavy atom. The van der Waals surface area contributed by atoms with Gasteiger partial charge in [-0.15, -0.1) is 15.8 Å². The summed E-state index contributed by atoms with van der Waals surface area (Å²) in [6, 6.07) is 22.3. The first-order valence-corrected chi connectivity index (χ1v) is 12.9. The van der Waals surface area contributed by atoms with E-state index in [0.717, 1.165) is 5.14 Å². The van der Waals surface area contributed by atoms with Crippen molar-refractivity contribution < 1.29 is 0 Å². The van der Waals surface area contributed by atoms with Crippen LogP contribution in [0.1, 0.15) is 0 Å². The van der Waals surface area contributed by atoms with Crippen LogP contribution in [0.3, 0.4) is 0 Å². The van der Waals surface area contributed by atoms with Gasteiger partial charge in [0.2, 0.25) is 0 Å². The maximum Gasteiger partial charge on any atom is 0.0263 e. The minimum atomic E-state index is -0.236. The van der Waals surface area contributed by atoms with Crippen molar-refractivity contribution >= 4 is 34.4 Å². The number of hydrogen-bond donors (Lipinski definition) is 0. The van der Waals surface area contributed by atoms with Crippen LogP contribution < -0.4 is 10.6 Å². The van der Waals surface area contributed by atoms with E-state index in [-0.39, 0.29) is 23.8 Å². The van der Waals surface area contributed by atoms with E-state index in [2.05, 4.69) is 87.3 Å². The lowest BCUT2D eigenvalue weighted by atomic mass is 10.4. The summed E-state index contributed by atoms with van der Waals surface area (Å²) in [5, 5.41) is 3.91. The molecule has 0 spiro atoms. The van der Waals surface area contributed by atoms with Crippen LogP contribution in [0.2, 0.25) is 0 Å². The molecule has 20 heavy (non-hydrogen) atoms. The van der Waals surface area contributed by atoms with Gasteiger partial charge in [-0.25, -0.2) is 0 Å². The van der Waals surface area contributed by atoms with Crippen LogP contribution in [0, 0.1) is 0 Å². The molecule has 0 fully saturated rings. The first kappa shape index (κ1) is 16.1. The van der Waals surface area contributed by atoms with Gasteiger partial charge in [0.25, 0.3) is 0 Å². The van der Waals surface area contributed by atoms with Gasteiger partial charge in [0.1, 0.15) is 0 Å². The fourth-order valence-electron chi connectivity index (χ4n) is 2.52. The monoisotopic (exact) mass is 320 g/mol. The third kappa shape index (κ3) is 3.89. The molecule has 0 saturated heterocycles. The van der Waals surface area contributed by atoms with Gasteiger partial charge in [-0.1, -0.05) is 60.7 Å². The molecule has 0 N–H and O–H groups in total. The molecule has 0 unspecified atom stereocenters. The molecule has 2 aromatic carbocycles. The highest BCUT2D eigenvalue weighted by Gasteiger charge is 2.29. The molecule has 106 valence electrons. The van der Waals surface area contributed by atoms with Crippen LogP contribution in [0.4, 0.5) is 0 Å². The summed E-state index contributed by atoms with van der Waals surface area (Å²) in [6.45, 7) is 9.79. The standard InChI is InChI=1S/C17H23P3/c1-18(2)17(19(3)4)20(15-11-7-5-8-12-15)16-13-9-6-10-14-16/h5-14,17H,1-4H3. The quantitative estimate of drug-likeness (QED) is 0.688. The zero-order chi connectivity index (χ0) is 14.5. The topological polar surface area (TPSA) is 0 Å². The lowest BCUT2D eigenvalue weighted by Crippen LogP contribution is -2.19. The van der Waals surface area contributed by atoms with Crippen molar-refractivity contribution in [3.8, 4) is 0 Å². The van der Waals surface area contributed by atoms with Gasteiger partial charge >= 0.3 is 0 Å². The van der Waals surface area contributed by atoms with Crippen molar-refractivity contribution in [2.45, 2.75) is 5.14 Å². The Hall–Kier alpha value is -0.270. The van der Waals surface area contributed by atoms with Gasteiger partial charge in [-0.3, -0.25) is 0 Å². The summed E-state index contributed by atoms with van der Waals surface area (Å²) < 4.78 is 0. The Kier molecular flexibility index (Phi) is 6.17. The van der Waals surface area contributed by atoms with Crippen molar-refractivity contribution in [3.05, 3.63) is 60.7 Å². The first-order chi connectivity index (χ1) is 9.61. The van der Waals surface area contributed by atoms with Crippen LogP contribution in [0.25, 0.3) is 0 Å². The van der Waals surface area contributed by atoms with E-state index in [9.17, 15) is 0 Å². The molecular weight excluding hydrogens is 297 g/mol. The lowest BCUT2D eigenvalue weighted by molar-refractivity contribution is 1.71. The largest absolute Gasteiger partial charge is 0.100 e. The predicted octanol–water partition coefficient (Wildman–Crippen LogP) is 4.89. The summed E-state index contributed by atoms with van der Waals surface area (Å²) in [7, 11) is -0.100. The van der Waals surface area contributed by atoms with Crippen LogP contribution in [0.15, 0.2) is 60.7 Å². The summed E-state index contributed by atoms with van der Waals surface area (Å²) >= 11 is 0. The van der Waals surface area contributed by atoms with Gasteiger partial charge in [-0.05, 0) is 45.2 Å². The smallest absolute Gasteiger partial charge is 0.0263 e. The molecule has 2 aromatic rings. The average molecular weight is 320 g/mol. The number of benzene rings is 2. The minimum absolute atomic E-state index is 0.0677. The van der Waals surface area contributed by atoms with Crippen molar-refractivity contribution in [3.63, 3.8) is 0 Å². The maximum atomic E-state index is 2.45. The van der Waals surface area contributed by atoms with Gasteiger partial charge in [0.05, 0.1) is 0 Å². The minimum Gasteiger partial charge on any atom is -0.100 e.